The van der Waals surface area contributed by atoms with Crippen molar-refractivity contribution in [2.75, 3.05) is 13.2 Å². The van der Waals surface area contributed by atoms with Gasteiger partial charge in [-0.15, -0.1) is 0 Å². The summed E-state index contributed by atoms with van der Waals surface area (Å²) in [5.74, 6) is -1.61. The predicted molar refractivity (Wildman–Crippen MR) is 67.7 cm³/mol. The topological polar surface area (TPSA) is 52.6 Å². The van der Waals surface area contributed by atoms with Crippen LogP contribution in [0.15, 0.2) is 35.5 Å². The lowest BCUT2D eigenvalue weighted by atomic mass is 9.97. The second-order valence-corrected chi connectivity index (χ2v) is 3.84. The SMILES string of the molecule is CCOC(=O)C1=CC=CC(C)=CC1C(=O)OCC. The lowest BCUT2D eigenvalue weighted by molar-refractivity contribution is -0.148. The fraction of sp³-hybridized carbons (Fsp3) is 0.429. The number of hydrogen-bond donors (Lipinski definition) is 0. The van der Waals surface area contributed by atoms with Crippen molar-refractivity contribution in [3.8, 4) is 0 Å². The first-order chi connectivity index (χ1) is 8.60. The molecule has 1 aliphatic rings. The molecule has 1 rings (SSSR count). The van der Waals surface area contributed by atoms with Crippen LogP contribution in [0, 0.1) is 5.92 Å². The van der Waals surface area contributed by atoms with Crippen molar-refractivity contribution in [1.29, 1.82) is 0 Å². The molecule has 0 spiro atoms. The van der Waals surface area contributed by atoms with Crippen LogP contribution in [0.25, 0.3) is 0 Å². The summed E-state index contributed by atoms with van der Waals surface area (Å²) >= 11 is 0. The Kier molecular flexibility index (Phi) is 5.36. The number of carbonyl (C=O) groups excluding carboxylic acids is 2. The first-order valence-corrected chi connectivity index (χ1v) is 6.00. The van der Waals surface area contributed by atoms with Crippen LogP contribution >= 0.6 is 0 Å². The molecule has 4 heteroatoms. The van der Waals surface area contributed by atoms with Gasteiger partial charge in [0.25, 0.3) is 0 Å². The quantitative estimate of drug-likeness (QED) is 0.717. The maximum atomic E-state index is 11.9. The van der Waals surface area contributed by atoms with E-state index in [1.54, 1.807) is 32.1 Å². The van der Waals surface area contributed by atoms with Gasteiger partial charge in [-0.05, 0) is 20.8 Å². The number of esters is 2. The van der Waals surface area contributed by atoms with E-state index in [1.165, 1.54) is 0 Å². The molecule has 0 amide bonds. The van der Waals surface area contributed by atoms with Gasteiger partial charge in [0, 0.05) is 0 Å². The van der Waals surface area contributed by atoms with E-state index in [0.29, 0.717) is 5.57 Å². The van der Waals surface area contributed by atoms with Crippen LogP contribution in [-0.2, 0) is 19.1 Å². The van der Waals surface area contributed by atoms with Crippen molar-refractivity contribution in [1.82, 2.24) is 0 Å². The Morgan fingerprint density at radius 3 is 2.50 bits per heavy atom. The van der Waals surface area contributed by atoms with E-state index in [4.69, 9.17) is 9.47 Å². The summed E-state index contributed by atoms with van der Waals surface area (Å²) in [5, 5.41) is 0. The van der Waals surface area contributed by atoms with E-state index >= 15 is 0 Å². The average Bonchev–Trinajstić information content (AvgIpc) is 2.51. The van der Waals surface area contributed by atoms with Crippen LogP contribution in [0.2, 0.25) is 0 Å². The zero-order valence-corrected chi connectivity index (χ0v) is 10.9. The summed E-state index contributed by atoms with van der Waals surface area (Å²) in [5.41, 5.74) is 1.21. The summed E-state index contributed by atoms with van der Waals surface area (Å²) in [6.45, 7) is 5.89. The lowest BCUT2D eigenvalue weighted by Gasteiger charge is -2.14. The minimum absolute atomic E-state index is 0.276. The molecule has 98 valence electrons. The van der Waals surface area contributed by atoms with Gasteiger partial charge < -0.3 is 9.47 Å². The van der Waals surface area contributed by atoms with Gasteiger partial charge in [-0.1, -0.05) is 29.9 Å². The Balaban J connectivity index is 3.02. The highest BCUT2D eigenvalue weighted by molar-refractivity contribution is 5.97. The van der Waals surface area contributed by atoms with Crippen molar-refractivity contribution in [3.63, 3.8) is 0 Å². The highest BCUT2D eigenvalue weighted by Crippen LogP contribution is 2.22. The number of carbonyl (C=O) groups is 2. The fourth-order valence-electron chi connectivity index (χ4n) is 1.65. The molecule has 0 N–H and O–H groups in total. The predicted octanol–water partition coefficient (Wildman–Crippen LogP) is 2.17. The van der Waals surface area contributed by atoms with E-state index in [9.17, 15) is 9.59 Å². The molecular weight excluding hydrogens is 232 g/mol. The maximum Gasteiger partial charge on any atom is 0.335 e. The molecule has 0 bridgehead atoms. The van der Waals surface area contributed by atoms with Gasteiger partial charge in [0.05, 0.1) is 18.8 Å². The van der Waals surface area contributed by atoms with E-state index < -0.39 is 17.9 Å². The Labute approximate surface area is 107 Å². The van der Waals surface area contributed by atoms with Crippen LogP contribution in [0.4, 0.5) is 0 Å². The van der Waals surface area contributed by atoms with Crippen molar-refractivity contribution in [2.24, 2.45) is 5.92 Å². The number of ether oxygens (including phenoxy) is 2. The normalized spacial score (nSPS) is 18.5. The molecule has 0 fully saturated rings. The van der Waals surface area contributed by atoms with Crippen molar-refractivity contribution >= 4 is 11.9 Å². The van der Waals surface area contributed by atoms with Gasteiger partial charge in [0.1, 0.15) is 5.92 Å². The van der Waals surface area contributed by atoms with Gasteiger partial charge in [-0.25, -0.2) is 4.79 Å². The standard InChI is InChI=1S/C14H18O4/c1-4-17-13(15)11-8-6-7-10(3)9-12(11)14(16)18-5-2/h6-9,12H,4-5H2,1-3H3. The molecule has 0 saturated carbocycles. The molecule has 0 aromatic heterocycles. The fourth-order valence-corrected chi connectivity index (χ4v) is 1.65. The Morgan fingerprint density at radius 1 is 1.22 bits per heavy atom. The molecule has 0 heterocycles. The van der Waals surface area contributed by atoms with E-state index in [1.807, 2.05) is 13.0 Å². The van der Waals surface area contributed by atoms with E-state index in [0.717, 1.165) is 5.57 Å². The Bertz CT molecular complexity index is 416. The third-order valence-electron chi connectivity index (χ3n) is 2.45. The summed E-state index contributed by atoms with van der Waals surface area (Å²) in [7, 11) is 0. The van der Waals surface area contributed by atoms with Gasteiger partial charge in [-0.2, -0.15) is 0 Å². The van der Waals surface area contributed by atoms with Crippen LogP contribution in [0.1, 0.15) is 20.8 Å². The second kappa shape index (κ2) is 6.79. The van der Waals surface area contributed by atoms with E-state index in [2.05, 4.69) is 0 Å². The van der Waals surface area contributed by atoms with Gasteiger partial charge in [0.2, 0.25) is 0 Å². The maximum absolute atomic E-state index is 11.9. The monoisotopic (exact) mass is 250 g/mol. The van der Waals surface area contributed by atoms with Gasteiger partial charge in [0.15, 0.2) is 0 Å². The summed E-state index contributed by atoms with van der Waals surface area (Å²) in [6.07, 6.45) is 6.88. The van der Waals surface area contributed by atoms with Gasteiger partial charge in [-0.3, -0.25) is 4.79 Å². The molecule has 1 aliphatic carbocycles. The Hall–Kier alpha value is -1.84. The van der Waals surface area contributed by atoms with Crippen LogP contribution in [0.3, 0.4) is 0 Å². The molecule has 0 aromatic carbocycles. The van der Waals surface area contributed by atoms with Gasteiger partial charge >= 0.3 is 11.9 Å². The summed E-state index contributed by atoms with van der Waals surface area (Å²) < 4.78 is 9.94. The smallest absolute Gasteiger partial charge is 0.335 e. The summed E-state index contributed by atoms with van der Waals surface area (Å²) in [4.78, 5) is 23.7. The Morgan fingerprint density at radius 2 is 1.89 bits per heavy atom. The first kappa shape index (κ1) is 14.2. The molecule has 0 saturated heterocycles. The molecule has 18 heavy (non-hydrogen) atoms. The van der Waals surface area contributed by atoms with Crippen LogP contribution in [0.5, 0.6) is 0 Å². The minimum Gasteiger partial charge on any atom is -0.465 e. The molecule has 4 nitrogen and oxygen atoms in total. The zero-order chi connectivity index (χ0) is 13.5. The van der Waals surface area contributed by atoms with Crippen LogP contribution < -0.4 is 0 Å². The largest absolute Gasteiger partial charge is 0.465 e. The van der Waals surface area contributed by atoms with Crippen LogP contribution in [-0.4, -0.2) is 25.2 Å². The third-order valence-corrected chi connectivity index (χ3v) is 2.45. The molecule has 0 radical (unpaired) electrons. The number of rotatable bonds is 4. The summed E-state index contributed by atoms with van der Waals surface area (Å²) in [6, 6.07) is 0. The average molecular weight is 250 g/mol. The van der Waals surface area contributed by atoms with Crippen molar-refractivity contribution in [3.05, 3.63) is 35.5 Å². The lowest BCUT2D eigenvalue weighted by Crippen LogP contribution is -2.23. The molecular formula is C14H18O4. The molecule has 1 atom stereocenters. The highest BCUT2D eigenvalue weighted by Gasteiger charge is 2.28. The minimum atomic E-state index is -0.695. The highest BCUT2D eigenvalue weighted by atomic mass is 16.5. The first-order valence-electron chi connectivity index (χ1n) is 6.00. The van der Waals surface area contributed by atoms with Crippen molar-refractivity contribution < 1.29 is 19.1 Å². The molecule has 1 unspecified atom stereocenters. The second-order valence-electron chi connectivity index (χ2n) is 3.84. The third kappa shape index (κ3) is 3.58. The molecule has 0 aromatic rings. The van der Waals surface area contributed by atoms with Crippen molar-refractivity contribution in [2.45, 2.75) is 20.8 Å². The number of allylic oxidation sites excluding steroid dienone is 4. The van der Waals surface area contributed by atoms with E-state index in [-0.39, 0.29) is 13.2 Å². The molecule has 0 aliphatic heterocycles. The zero-order valence-electron chi connectivity index (χ0n) is 10.9. The number of hydrogen-bond acceptors (Lipinski definition) is 4.